The Kier molecular flexibility index (Phi) is 13.7. The van der Waals surface area contributed by atoms with Crippen molar-refractivity contribution in [1.29, 1.82) is 0 Å². The summed E-state index contributed by atoms with van der Waals surface area (Å²) in [6, 6.07) is 15.7. The summed E-state index contributed by atoms with van der Waals surface area (Å²) >= 11 is 0. The summed E-state index contributed by atoms with van der Waals surface area (Å²) < 4.78 is 21.6. The van der Waals surface area contributed by atoms with Crippen molar-refractivity contribution >= 4 is 17.8 Å². The average Bonchev–Trinajstić information content (AvgIpc) is 2.88. The van der Waals surface area contributed by atoms with Crippen LogP contribution in [0.25, 0.3) is 0 Å². The summed E-state index contributed by atoms with van der Waals surface area (Å²) in [5.41, 5.74) is 1.68. The maximum absolute atomic E-state index is 12.8. The minimum Gasteiger partial charge on any atom is -0.491 e. The van der Waals surface area contributed by atoms with Crippen LogP contribution in [-0.4, -0.2) is 62.0 Å². The fourth-order valence-corrected chi connectivity index (χ4v) is 3.14. The zero-order valence-electron chi connectivity index (χ0n) is 20.6. The Balaban J connectivity index is 1.89. The normalized spacial score (nSPS) is 11.5. The van der Waals surface area contributed by atoms with Gasteiger partial charge in [0.2, 0.25) is 5.91 Å². The molecule has 0 bridgehead atoms. The number of esters is 1. The number of nitrogens with one attached hydrogen (secondary N) is 1. The van der Waals surface area contributed by atoms with Crippen LogP contribution in [0.5, 0.6) is 5.75 Å². The Morgan fingerprint density at radius 3 is 2.22 bits per heavy atom. The second-order valence-corrected chi connectivity index (χ2v) is 8.03. The zero-order chi connectivity index (χ0) is 26.0. The van der Waals surface area contributed by atoms with Gasteiger partial charge in [-0.15, -0.1) is 0 Å². The van der Waals surface area contributed by atoms with Crippen molar-refractivity contribution in [2.24, 2.45) is 0 Å². The number of benzene rings is 2. The van der Waals surface area contributed by atoms with E-state index in [0.717, 1.165) is 17.5 Å². The number of carbonyl (C=O) groups is 3. The third-order valence-corrected chi connectivity index (χ3v) is 4.99. The Morgan fingerprint density at radius 2 is 1.53 bits per heavy atom. The number of amides is 1. The molecule has 0 fully saturated rings. The molecule has 0 saturated heterocycles. The van der Waals surface area contributed by atoms with Crippen molar-refractivity contribution in [2.75, 3.05) is 33.0 Å². The SMILES string of the molecule is CCCOCCC(=O)N[C@@H](Cc1ccc(OCCOCCC(=O)O)cc1)C(=O)OCc1ccccc1. The van der Waals surface area contributed by atoms with Gasteiger partial charge in [-0.1, -0.05) is 49.4 Å². The first kappa shape index (κ1) is 28.8. The minimum absolute atomic E-state index is 0.0497. The number of carboxylic acids is 1. The molecule has 9 heteroatoms. The number of rotatable bonds is 18. The van der Waals surface area contributed by atoms with Gasteiger partial charge in [0, 0.05) is 19.4 Å². The van der Waals surface area contributed by atoms with Gasteiger partial charge in [-0.2, -0.15) is 0 Å². The third-order valence-electron chi connectivity index (χ3n) is 4.99. The first-order valence-electron chi connectivity index (χ1n) is 12.1. The van der Waals surface area contributed by atoms with Gasteiger partial charge in [-0.25, -0.2) is 4.79 Å². The van der Waals surface area contributed by atoms with E-state index in [0.29, 0.717) is 12.4 Å². The van der Waals surface area contributed by atoms with Gasteiger partial charge < -0.3 is 29.4 Å². The summed E-state index contributed by atoms with van der Waals surface area (Å²) in [7, 11) is 0. The summed E-state index contributed by atoms with van der Waals surface area (Å²) in [5.74, 6) is -1.09. The largest absolute Gasteiger partial charge is 0.491 e. The molecule has 0 heterocycles. The minimum atomic E-state index is -0.908. The molecule has 2 aromatic carbocycles. The zero-order valence-corrected chi connectivity index (χ0v) is 20.6. The Hall–Kier alpha value is -3.43. The van der Waals surface area contributed by atoms with E-state index in [1.807, 2.05) is 49.4 Å². The van der Waals surface area contributed by atoms with Gasteiger partial charge >= 0.3 is 11.9 Å². The molecule has 2 aromatic rings. The van der Waals surface area contributed by atoms with Gasteiger partial charge in [0.05, 0.1) is 26.2 Å². The predicted molar refractivity (Wildman–Crippen MR) is 133 cm³/mol. The molecule has 0 unspecified atom stereocenters. The van der Waals surface area contributed by atoms with Crippen LogP contribution < -0.4 is 10.1 Å². The monoisotopic (exact) mass is 501 g/mol. The molecular formula is C27H35NO8. The van der Waals surface area contributed by atoms with Crippen LogP contribution >= 0.6 is 0 Å². The predicted octanol–water partition coefficient (Wildman–Crippen LogP) is 3.14. The van der Waals surface area contributed by atoms with E-state index in [4.69, 9.17) is 24.1 Å². The fourth-order valence-electron chi connectivity index (χ4n) is 3.14. The second kappa shape index (κ2) is 17.1. The second-order valence-electron chi connectivity index (χ2n) is 8.03. The first-order chi connectivity index (χ1) is 17.5. The topological polar surface area (TPSA) is 120 Å². The van der Waals surface area contributed by atoms with Crippen LogP contribution in [0.15, 0.2) is 54.6 Å². The Bertz CT molecular complexity index is 917. The molecule has 0 saturated carbocycles. The van der Waals surface area contributed by atoms with E-state index >= 15 is 0 Å². The van der Waals surface area contributed by atoms with E-state index < -0.39 is 18.0 Å². The van der Waals surface area contributed by atoms with Gasteiger partial charge in [-0.05, 0) is 29.7 Å². The lowest BCUT2D eigenvalue weighted by Gasteiger charge is -2.18. The Morgan fingerprint density at radius 1 is 0.833 bits per heavy atom. The van der Waals surface area contributed by atoms with Crippen molar-refractivity contribution in [3.63, 3.8) is 0 Å². The standard InChI is InChI=1S/C27H35NO8/c1-2-14-33-15-12-25(29)28-24(27(32)36-20-22-6-4-3-5-7-22)19-21-8-10-23(11-9-21)35-18-17-34-16-13-26(30)31/h3-11,24H,2,12-20H2,1H3,(H,28,29)(H,30,31)/t24-/m0/s1. The molecule has 0 aromatic heterocycles. The van der Waals surface area contributed by atoms with Crippen molar-refractivity contribution in [3.8, 4) is 5.75 Å². The van der Waals surface area contributed by atoms with E-state index in [-0.39, 0.29) is 58.2 Å². The van der Waals surface area contributed by atoms with Gasteiger partial charge in [0.25, 0.3) is 0 Å². The summed E-state index contributed by atoms with van der Waals surface area (Å²) in [6.07, 6.45) is 1.23. The van der Waals surface area contributed by atoms with Gasteiger partial charge in [-0.3, -0.25) is 9.59 Å². The fraction of sp³-hybridized carbons (Fsp3) is 0.444. The lowest BCUT2D eigenvalue weighted by atomic mass is 10.1. The molecule has 2 N–H and O–H groups in total. The highest BCUT2D eigenvalue weighted by Crippen LogP contribution is 2.14. The van der Waals surface area contributed by atoms with Crippen molar-refractivity contribution in [3.05, 3.63) is 65.7 Å². The van der Waals surface area contributed by atoms with E-state index in [2.05, 4.69) is 5.32 Å². The van der Waals surface area contributed by atoms with Crippen LogP contribution in [0.3, 0.4) is 0 Å². The highest BCUT2D eigenvalue weighted by atomic mass is 16.5. The average molecular weight is 502 g/mol. The first-order valence-corrected chi connectivity index (χ1v) is 12.1. The van der Waals surface area contributed by atoms with Gasteiger partial charge in [0.15, 0.2) is 0 Å². The number of hydrogen-bond donors (Lipinski definition) is 2. The van der Waals surface area contributed by atoms with E-state index in [1.165, 1.54) is 0 Å². The summed E-state index contributed by atoms with van der Waals surface area (Å²) in [6.45, 7) is 3.67. The van der Waals surface area contributed by atoms with Crippen LogP contribution in [0.1, 0.15) is 37.3 Å². The molecule has 196 valence electrons. The van der Waals surface area contributed by atoms with E-state index in [1.54, 1.807) is 12.1 Å². The Labute approximate surface area is 211 Å². The molecule has 1 amide bonds. The molecule has 0 aliphatic rings. The molecule has 0 spiro atoms. The molecule has 0 aliphatic heterocycles. The summed E-state index contributed by atoms with van der Waals surface area (Å²) in [4.78, 5) is 35.7. The molecule has 2 rings (SSSR count). The van der Waals surface area contributed by atoms with Crippen molar-refractivity contribution < 1.29 is 38.4 Å². The van der Waals surface area contributed by atoms with Crippen molar-refractivity contribution in [1.82, 2.24) is 5.32 Å². The molecule has 36 heavy (non-hydrogen) atoms. The number of carboxylic acid groups (broad SMARTS) is 1. The lowest BCUT2D eigenvalue weighted by Crippen LogP contribution is -2.43. The smallest absolute Gasteiger partial charge is 0.329 e. The maximum atomic E-state index is 12.8. The number of ether oxygens (including phenoxy) is 4. The molecule has 9 nitrogen and oxygen atoms in total. The highest BCUT2D eigenvalue weighted by Gasteiger charge is 2.23. The number of aliphatic carboxylic acids is 1. The number of hydrogen-bond acceptors (Lipinski definition) is 7. The van der Waals surface area contributed by atoms with Gasteiger partial charge in [0.1, 0.15) is 25.0 Å². The lowest BCUT2D eigenvalue weighted by molar-refractivity contribution is -0.149. The van der Waals surface area contributed by atoms with Crippen LogP contribution in [-0.2, 0) is 41.6 Å². The van der Waals surface area contributed by atoms with Crippen LogP contribution in [0.2, 0.25) is 0 Å². The van der Waals surface area contributed by atoms with Crippen LogP contribution in [0, 0.1) is 0 Å². The van der Waals surface area contributed by atoms with Crippen molar-refractivity contribution in [2.45, 2.75) is 45.3 Å². The molecule has 0 radical (unpaired) electrons. The molecule has 0 aliphatic carbocycles. The molecule has 1 atom stereocenters. The molecular weight excluding hydrogens is 466 g/mol. The quantitative estimate of drug-likeness (QED) is 0.236. The third kappa shape index (κ3) is 12.3. The van der Waals surface area contributed by atoms with E-state index in [9.17, 15) is 14.4 Å². The maximum Gasteiger partial charge on any atom is 0.329 e. The van der Waals surface area contributed by atoms with Crippen LogP contribution in [0.4, 0.5) is 0 Å². The number of carbonyl (C=O) groups excluding carboxylic acids is 2. The highest BCUT2D eigenvalue weighted by molar-refractivity contribution is 5.84. The summed E-state index contributed by atoms with van der Waals surface area (Å²) in [5, 5.41) is 11.4.